The SMILES string of the molecule is CC(C)N1CCCC(NC2C3C4CCC(C4)C23)CC1. The highest BCUT2D eigenvalue weighted by Gasteiger charge is 2.64. The van der Waals surface area contributed by atoms with E-state index < -0.39 is 0 Å². The maximum Gasteiger partial charge on any atom is 0.0138 e. The molecule has 1 aliphatic heterocycles. The van der Waals surface area contributed by atoms with Crippen molar-refractivity contribution in [3.8, 4) is 0 Å². The molecule has 0 aromatic heterocycles. The van der Waals surface area contributed by atoms with E-state index in [4.69, 9.17) is 0 Å². The summed E-state index contributed by atoms with van der Waals surface area (Å²) in [6, 6.07) is 2.48. The highest BCUT2D eigenvalue weighted by molar-refractivity contribution is 5.17. The molecule has 5 atom stereocenters. The van der Waals surface area contributed by atoms with Crippen LogP contribution in [0.4, 0.5) is 0 Å². The van der Waals surface area contributed by atoms with E-state index in [1.807, 2.05) is 0 Å². The minimum absolute atomic E-state index is 0.731. The summed E-state index contributed by atoms with van der Waals surface area (Å²) < 4.78 is 0. The van der Waals surface area contributed by atoms with Crippen LogP contribution in [0.25, 0.3) is 0 Å². The predicted molar refractivity (Wildman–Crippen MR) is 79.1 cm³/mol. The van der Waals surface area contributed by atoms with Crippen molar-refractivity contribution in [2.24, 2.45) is 23.7 Å². The van der Waals surface area contributed by atoms with Crippen LogP contribution in [0, 0.1) is 23.7 Å². The molecule has 0 spiro atoms. The van der Waals surface area contributed by atoms with Gasteiger partial charge in [-0.1, -0.05) is 0 Å². The van der Waals surface area contributed by atoms with Crippen molar-refractivity contribution < 1.29 is 0 Å². The van der Waals surface area contributed by atoms with Crippen molar-refractivity contribution in [3.05, 3.63) is 0 Å². The quantitative estimate of drug-likeness (QED) is 0.841. The zero-order valence-corrected chi connectivity index (χ0v) is 12.6. The molecule has 4 fully saturated rings. The van der Waals surface area contributed by atoms with Crippen LogP contribution in [0.2, 0.25) is 0 Å². The molecule has 19 heavy (non-hydrogen) atoms. The molecule has 2 nitrogen and oxygen atoms in total. The third kappa shape index (κ3) is 2.15. The highest BCUT2D eigenvalue weighted by Crippen LogP contribution is 2.65. The van der Waals surface area contributed by atoms with E-state index in [0.29, 0.717) is 0 Å². The first-order valence-electron chi connectivity index (χ1n) is 8.74. The van der Waals surface area contributed by atoms with Crippen molar-refractivity contribution in [2.75, 3.05) is 13.1 Å². The third-order valence-corrected chi connectivity index (χ3v) is 6.66. The maximum atomic E-state index is 4.07. The van der Waals surface area contributed by atoms with Gasteiger partial charge < -0.3 is 10.2 Å². The topological polar surface area (TPSA) is 15.3 Å². The number of nitrogens with zero attached hydrogens (tertiary/aromatic N) is 1. The van der Waals surface area contributed by atoms with E-state index in [-0.39, 0.29) is 0 Å². The van der Waals surface area contributed by atoms with Crippen molar-refractivity contribution in [3.63, 3.8) is 0 Å². The van der Waals surface area contributed by atoms with Crippen LogP contribution in [-0.2, 0) is 0 Å². The Balaban J connectivity index is 1.30. The number of nitrogens with one attached hydrogen (secondary N) is 1. The maximum absolute atomic E-state index is 4.07. The molecule has 5 unspecified atom stereocenters. The fourth-order valence-corrected chi connectivity index (χ4v) is 5.62. The number of hydrogen-bond acceptors (Lipinski definition) is 2. The summed E-state index contributed by atoms with van der Waals surface area (Å²) in [4.78, 5) is 2.67. The number of hydrogen-bond donors (Lipinski definition) is 1. The number of rotatable bonds is 3. The van der Waals surface area contributed by atoms with Gasteiger partial charge in [-0.2, -0.15) is 0 Å². The molecule has 2 bridgehead atoms. The van der Waals surface area contributed by atoms with Gasteiger partial charge in [0.05, 0.1) is 0 Å². The summed E-state index contributed by atoms with van der Waals surface area (Å²) >= 11 is 0. The highest BCUT2D eigenvalue weighted by atomic mass is 15.2. The van der Waals surface area contributed by atoms with Crippen molar-refractivity contribution in [1.82, 2.24) is 10.2 Å². The van der Waals surface area contributed by atoms with E-state index in [9.17, 15) is 0 Å². The average Bonchev–Trinajstić information content (AvgIpc) is 2.86. The van der Waals surface area contributed by atoms with Gasteiger partial charge in [-0.05, 0) is 89.1 Å². The fourth-order valence-electron chi connectivity index (χ4n) is 5.62. The van der Waals surface area contributed by atoms with Gasteiger partial charge in [0.1, 0.15) is 0 Å². The Labute approximate surface area is 118 Å². The lowest BCUT2D eigenvalue weighted by Gasteiger charge is -2.24. The van der Waals surface area contributed by atoms with Crippen LogP contribution in [0.5, 0.6) is 0 Å². The molecule has 0 radical (unpaired) electrons. The van der Waals surface area contributed by atoms with Crippen LogP contribution in [0.3, 0.4) is 0 Å². The molecule has 0 aromatic rings. The summed E-state index contributed by atoms with van der Waals surface area (Å²) in [5.41, 5.74) is 0. The lowest BCUT2D eigenvalue weighted by Crippen LogP contribution is -2.36. The van der Waals surface area contributed by atoms with Crippen LogP contribution in [-0.4, -0.2) is 36.1 Å². The molecule has 1 saturated heterocycles. The van der Waals surface area contributed by atoms with Crippen molar-refractivity contribution in [2.45, 2.75) is 70.5 Å². The monoisotopic (exact) mass is 262 g/mol. The van der Waals surface area contributed by atoms with Gasteiger partial charge in [0.15, 0.2) is 0 Å². The van der Waals surface area contributed by atoms with Crippen LogP contribution >= 0.6 is 0 Å². The first-order valence-corrected chi connectivity index (χ1v) is 8.74. The standard InChI is InChI=1S/C17H30N2/c1-11(2)19-8-3-4-14(7-9-19)18-17-15-12-5-6-13(10-12)16(15)17/h11-18H,3-10H2,1-2H3. The third-order valence-electron chi connectivity index (χ3n) is 6.66. The Kier molecular flexibility index (Phi) is 3.15. The average molecular weight is 262 g/mol. The molecule has 0 amide bonds. The summed E-state index contributed by atoms with van der Waals surface area (Å²) in [7, 11) is 0. The van der Waals surface area contributed by atoms with E-state index >= 15 is 0 Å². The van der Waals surface area contributed by atoms with Gasteiger partial charge >= 0.3 is 0 Å². The van der Waals surface area contributed by atoms with E-state index in [1.54, 1.807) is 19.3 Å². The Morgan fingerprint density at radius 2 is 1.68 bits per heavy atom. The van der Waals surface area contributed by atoms with Crippen molar-refractivity contribution in [1.29, 1.82) is 0 Å². The van der Waals surface area contributed by atoms with Gasteiger partial charge in [-0.3, -0.25) is 0 Å². The Bertz CT molecular complexity index is 324. The normalized spacial score (nSPS) is 49.4. The molecule has 108 valence electrons. The molecular formula is C17H30N2. The zero-order valence-electron chi connectivity index (χ0n) is 12.6. The summed E-state index contributed by atoms with van der Waals surface area (Å²) in [6.45, 7) is 7.32. The molecule has 4 rings (SSSR count). The predicted octanol–water partition coefficient (Wildman–Crippen LogP) is 2.88. The molecule has 1 heterocycles. The fraction of sp³-hybridized carbons (Fsp3) is 1.00. The molecule has 3 aliphatic carbocycles. The van der Waals surface area contributed by atoms with Gasteiger partial charge in [-0.15, -0.1) is 0 Å². The summed E-state index contributed by atoms with van der Waals surface area (Å²) in [5.74, 6) is 4.43. The molecule has 3 saturated carbocycles. The lowest BCUT2D eigenvalue weighted by molar-refractivity contribution is 0.228. The van der Waals surface area contributed by atoms with Crippen LogP contribution < -0.4 is 5.32 Å². The van der Waals surface area contributed by atoms with Gasteiger partial charge in [0.2, 0.25) is 0 Å². The van der Waals surface area contributed by atoms with E-state index in [2.05, 4.69) is 24.1 Å². The van der Waals surface area contributed by atoms with Gasteiger partial charge in [0.25, 0.3) is 0 Å². The molecule has 4 aliphatic rings. The van der Waals surface area contributed by atoms with Gasteiger partial charge in [0, 0.05) is 18.1 Å². The minimum atomic E-state index is 0.731. The molecule has 2 heteroatoms. The number of likely N-dealkylation sites (tertiary alicyclic amines) is 1. The van der Waals surface area contributed by atoms with Crippen molar-refractivity contribution >= 4 is 0 Å². The Hall–Kier alpha value is -0.0800. The smallest absolute Gasteiger partial charge is 0.0138 e. The second-order valence-corrected chi connectivity index (χ2v) is 7.94. The Morgan fingerprint density at radius 3 is 2.37 bits per heavy atom. The molecule has 1 N–H and O–H groups in total. The van der Waals surface area contributed by atoms with E-state index in [1.165, 1.54) is 32.4 Å². The molecular weight excluding hydrogens is 232 g/mol. The summed E-state index contributed by atoms with van der Waals surface area (Å²) in [6.07, 6.45) is 8.87. The zero-order chi connectivity index (χ0) is 13.0. The van der Waals surface area contributed by atoms with Crippen LogP contribution in [0.1, 0.15) is 52.4 Å². The number of fused-ring (bicyclic) bond motifs is 5. The van der Waals surface area contributed by atoms with Crippen LogP contribution in [0.15, 0.2) is 0 Å². The minimum Gasteiger partial charge on any atom is -0.311 e. The largest absolute Gasteiger partial charge is 0.311 e. The molecule has 0 aromatic carbocycles. The first-order chi connectivity index (χ1) is 9.24. The Morgan fingerprint density at radius 1 is 0.947 bits per heavy atom. The first kappa shape index (κ1) is 12.6. The van der Waals surface area contributed by atoms with E-state index in [0.717, 1.165) is 41.8 Å². The summed E-state index contributed by atoms with van der Waals surface area (Å²) in [5, 5.41) is 4.07. The second-order valence-electron chi connectivity index (χ2n) is 7.94. The lowest BCUT2D eigenvalue weighted by atomic mass is 10.0. The van der Waals surface area contributed by atoms with Gasteiger partial charge in [-0.25, -0.2) is 0 Å². The second kappa shape index (κ2) is 4.73.